The highest BCUT2D eigenvalue weighted by molar-refractivity contribution is 7.13. The predicted molar refractivity (Wildman–Crippen MR) is 135 cm³/mol. The Kier molecular flexibility index (Phi) is 5.89. The average Bonchev–Trinajstić information content (AvgIpc) is 3.38. The summed E-state index contributed by atoms with van der Waals surface area (Å²) >= 11 is 1.57. The summed E-state index contributed by atoms with van der Waals surface area (Å²) in [6.45, 7) is 0. The highest BCUT2D eigenvalue weighted by Gasteiger charge is 2.22. The zero-order valence-electron chi connectivity index (χ0n) is 18.0. The molecule has 0 bridgehead atoms. The monoisotopic (exact) mass is 464 g/mol. The number of fused-ring (bicyclic) bond motifs is 1. The lowest BCUT2D eigenvalue weighted by Gasteiger charge is -2.15. The van der Waals surface area contributed by atoms with E-state index in [0.717, 1.165) is 32.6 Å². The first kappa shape index (κ1) is 21.6. The third kappa shape index (κ3) is 4.44. The van der Waals surface area contributed by atoms with Gasteiger partial charge in [-0.05, 0) is 34.5 Å². The number of benzene rings is 4. The molecule has 0 saturated heterocycles. The molecule has 1 aromatic heterocycles. The third-order valence-electron chi connectivity index (χ3n) is 5.58. The van der Waals surface area contributed by atoms with Crippen molar-refractivity contribution in [3.63, 3.8) is 0 Å². The van der Waals surface area contributed by atoms with Crippen LogP contribution in [0.1, 0.15) is 22.0 Å². The minimum absolute atomic E-state index is 0.399. The standard InChI is InChI=1S/C28H20N2O3S/c31-26(30-25(28(32)33)20-9-5-2-6-10-20)21-13-11-18-12-14-22(16-23(18)15-21)27-29-24(17-34-27)19-7-3-1-4-8-19/h1-17,25H,(H,30,31)(H,32,33)/t25-/m0/s1. The largest absolute Gasteiger partial charge is 0.479 e. The van der Waals surface area contributed by atoms with Crippen LogP contribution in [0.5, 0.6) is 0 Å². The molecule has 0 radical (unpaired) electrons. The van der Waals surface area contributed by atoms with Crippen molar-refractivity contribution in [1.82, 2.24) is 10.3 Å². The van der Waals surface area contributed by atoms with Crippen molar-refractivity contribution in [3.05, 3.63) is 114 Å². The number of carbonyl (C=O) groups is 2. The van der Waals surface area contributed by atoms with E-state index in [1.165, 1.54) is 0 Å². The first-order chi connectivity index (χ1) is 16.6. The van der Waals surface area contributed by atoms with Crippen LogP contribution in [0.3, 0.4) is 0 Å². The van der Waals surface area contributed by atoms with Crippen LogP contribution in [-0.4, -0.2) is 22.0 Å². The number of aromatic nitrogens is 1. The number of nitrogens with zero attached hydrogens (tertiary/aromatic N) is 1. The second-order valence-corrected chi connectivity index (χ2v) is 8.69. The van der Waals surface area contributed by atoms with Gasteiger partial charge >= 0.3 is 5.97 Å². The average molecular weight is 465 g/mol. The van der Waals surface area contributed by atoms with Crippen LogP contribution in [0.25, 0.3) is 32.6 Å². The van der Waals surface area contributed by atoms with Gasteiger partial charge in [-0.15, -0.1) is 11.3 Å². The maximum atomic E-state index is 12.9. The number of rotatable bonds is 6. The maximum Gasteiger partial charge on any atom is 0.330 e. The molecule has 0 unspecified atom stereocenters. The zero-order chi connectivity index (χ0) is 23.5. The zero-order valence-corrected chi connectivity index (χ0v) is 18.8. The molecule has 0 aliphatic carbocycles. The first-order valence-electron chi connectivity index (χ1n) is 10.7. The topological polar surface area (TPSA) is 79.3 Å². The summed E-state index contributed by atoms with van der Waals surface area (Å²) < 4.78 is 0. The second kappa shape index (κ2) is 9.29. The molecule has 5 rings (SSSR count). The van der Waals surface area contributed by atoms with Gasteiger partial charge < -0.3 is 10.4 Å². The number of aliphatic carboxylic acids is 1. The van der Waals surface area contributed by atoms with Crippen LogP contribution in [-0.2, 0) is 4.79 Å². The number of carboxylic acids is 1. The van der Waals surface area contributed by atoms with Crippen molar-refractivity contribution in [2.75, 3.05) is 0 Å². The van der Waals surface area contributed by atoms with Gasteiger partial charge in [0.2, 0.25) is 0 Å². The van der Waals surface area contributed by atoms with Crippen molar-refractivity contribution in [2.24, 2.45) is 0 Å². The summed E-state index contributed by atoms with van der Waals surface area (Å²) in [5.41, 5.74) is 3.87. The lowest BCUT2D eigenvalue weighted by Crippen LogP contribution is -2.33. The van der Waals surface area contributed by atoms with Gasteiger partial charge in [-0.2, -0.15) is 0 Å². The summed E-state index contributed by atoms with van der Waals surface area (Å²) in [4.78, 5) is 29.5. The van der Waals surface area contributed by atoms with Crippen molar-refractivity contribution in [1.29, 1.82) is 0 Å². The molecule has 1 atom stereocenters. The fourth-order valence-electron chi connectivity index (χ4n) is 3.82. The van der Waals surface area contributed by atoms with E-state index in [1.54, 1.807) is 53.8 Å². The number of amides is 1. The van der Waals surface area contributed by atoms with Crippen molar-refractivity contribution in [2.45, 2.75) is 6.04 Å². The summed E-state index contributed by atoms with van der Waals surface area (Å²) in [5.74, 6) is -1.55. The van der Waals surface area contributed by atoms with Crippen LogP contribution in [0.15, 0.2) is 102 Å². The number of thiazole rings is 1. The van der Waals surface area contributed by atoms with E-state index in [9.17, 15) is 14.7 Å². The van der Waals surface area contributed by atoms with E-state index in [0.29, 0.717) is 11.1 Å². The Labute approximate surface area is 200 Å². The molecule has 5 nitrogen and oxygen atoms in total. The van der Waals surface area contributed by atoms with Gasteiger partial charge in [-0.25, -0.2) is 9.78 Å². The van der Waals surface area contributed by atoms with Crippen LogP contribution >= 0.6 is 11.3 Å². The van der Waals surface area contributed by atoms with Crippen molar-refractivity contribution >= 4 is 34.0 Å². The Bertz CT molecular complexity index is 1480. The number of hydrogen-bond acceptors (Lipinski definition) is 4. The molecule has 1 heterocycles. The molecule has 0 aliphatic rings. The van der Waals surface area contributed by atoms with Gasteiger partial charge in [0, 0.05) is 22.1 Å². The Morgan fingerprint density at radius 3 is 2.24 bits per heavy atom. The number of carbonyl (C=O) groups excluding carboxylic acids is 1. The van der Waals surface area contributed by atoms with E-state index in [-0.39, 0.29) is 0 Å². The minimum Gasteiger partial charge on any atom is -0.479 e. The summed E-state index contributed by atoms with van der Waals surface area (Å²) in [5, 5.41) is 17.1. The molecule has 0 aliphatic heterocycles. The molecular formula is C28H20N2O3S. The molecule has 0 spiro atoms. The van der Waals surface area contributed by atoms with Crippen LogP contribution < -0.4 is 5.32 Å². The van der Waals surface area contributed by atoms with E-state index in [4.69, 9.17) is 4.98 Å². The summed E-state index contributed by atoms with van der Waals surface area (Å²) in [6, 6.07) is 28.9. The van der Waals surface area contributed by atoms with E-state index >= 15 is 0 Å². The van der Waals surface area contributed by atoms with Crippen molar-refractivity contribution < 1.29 is 14.7 Å². The Balaban J connectivity index is 1.42. The molecule has 34 heavy (non-hydrogen) atoms. The number of hydrogen-bond donors (Lipinski definition) is 2. The van der Waals surface area contributed by atoms with Gasteiger partial charge in [0.25, 0.3) is 5.91 Å². The Hall–Kier alpha value is -4.29. The van der Waals surface area contributed by atoms with Crippen LogP contribution in [0.4, 0.5) is 0 Å². The lowest BCUT2D eigenvalue weighted by atomic mass is 10.0. The first-order valence-corrected chi connectivity index (χ1v) is 11.6. The maximum absolute atomic E-state index is 12.9. The SMILES string of the molecule is O=C(N[C@H](C(=O)O)c1ccccc1)c1ccc2ccc(-c3nc(-c4ccccc4)cs3)cc2c1. The molecule has 4 aromatic carbocycles. The van der Waals surface area contributed by atoms with Gasteiger partial charge in [0.15, 0.2) is 6.04 Å². The molecule has 5 aromatic rings. The van der Waals surface area contributed by atoms with E-state index in [2.05, 4.69) is 5.32 Å². The second-order valence-electron chi connectivity index (χ2n) is 7.84. The molecule has 0 saturated carbocycles. The molecule has 0 fully saturated rings. The van der Waals surface area contributed by atoms with Gasteiger partial charge in [0.05, 0.1) is 5.69 Å². The van der Waals surface area contributed by atoms with Gasteiger partial charge in [-0.3, -0.25) is 4.79 Å². The minimum atomic E-state index is -1.12. The molecule has 1 amide bonds. The highest BCUT2D eigenvalue weighted by Crippen LogP contribution is 2.31. The van der Waals surface area contributed by atoms with Gasteiger partial charge in [0.1, 0.15) is 5.01 Å². The highest BCUT2D eigenvalue weighted by atomic mass is 32.1. The fraction of sp³-hybridized carbons (Fsp3) is 0.0357. The summed E-state index contributed by atoms with van der Waals surface area (Å²) in [6.07, 6.45) is 0. The predicted octanol–water partition coefficient (Wildman–Crippen LogP) is 6.19. The van der Waals surface area contributed by atoms with E-state index < -0.39 is 17.9 Å². The lowest BCUT2D eigenvalue weighted by molar-refractivity contribution is -0.139. The smallest absolute Gasteiger partial charge is 0.330 e. The molecule has 2 N–H and O–H groups in total. The Morgan fingerprint density at radius 2 is 1.50 bits per heavy atom. The fourth-order valence-corrected chi connectivity index (χ4v) is 4.64. The van der Waals surface area contributed by atoms with Gasteiger partial charge in [-0.1, -0.05) is 78.9 Å². The Morgan fingerprint density at radius 1 is 0.794 bits per heavy atom. The van der Waals surface area contributed by atoms with E-state index in [1.807, 2.05) is 60.0 Å². The molecular weight excluding hydrogens is 444 g/mol. The number of carboxylic acid groups (broad SMARTS) is 1. The molecule has 166 valence electrons. The quantitative estimate of drug-likeness (QED) is 0.314. The van der Waals surface area contributed by atoms with Crippen LogP contribution in [0, 0.1) is 0 Å². The third-order valence-corrected chi connectivity index (χ3v) is 6.47. The molecule has 6 heteroatoms. The van der Waals surface area contributed by atoms with Crippen LogP contribution in [0.2, 0.25) is 0 Å². The van der Waals surface area contributed by atoms with Crippen molar-refractivity contribution in [3.8, 4) is 21.8 Å². The normalized spacial score (nSPS) is 11.8. The summed E-state index contributed by atoms with van der Waals surface area (Å²) in [7, 11) is 0. The number of nitrogens with one attached hydrogen (secondary N) is 1.